The average Bonchev–Trinajstić information content (AvgIpc) is 2.50. The molecular weight excluding hydrogens is 284 g/mol. The molecule has 116 valence electrons. The summed E-state index contributed by atoms with van der Waals surface area (Å²) in [6.07, 6.45) is 4.45. The van der Waals surface area contributed by atoms with E-state index in [9.17, 15) is 0 Å². The van der Waals surface area contributed by atoms with Crippen LogP contribution >= 0.6 is 11.8 Å². The summed E-state index contributed by atoms with van der Waals surface area (Å²) in [6, 6.07) is 3.99. The van der Waals surface area contributed by atoms with Crippen molar-refractivity contribution in [2.75, 3.05) is 18.1 Å². The third-order valence-corrected chi connectivity index (χ3v) is 5.40. The number of rotatable bonds is 3. The molecule has 2 saturated heterocycles. The van der Waals surface area contributed by atoms with Crippen molar-refractivity contribution in [3.05, 3.63) is 23.5 Å². The highest BCUT2D eigenvalue weighted by molar-refractivity contribution is 7.99. The molecule has 3 heterocycles. The van der Waals surface area contributed by atoms with E-state index in [-0.39, 0.29) is 11.7 Å². The molecular formula is C16H24N2O2S. The predicted octanol–water partition coefficient (Wildman–Crippen LogP) is 2.67. The Morgan fingerprint density at radius 3 is 3.00 bits per heavy atom. The van der Waals surface area contributed by atoms with Gasteiger partial charge in [0.25, 0.3) is 0 Å². The monoisotopic (exact) mass is 308 g/mol. The number of hydrogen-bond acceptors (Lipinski definition) is 5. The molecule has 2 aliphatic rings. The Bertz CT molecular complexity index is 484. The second kappa shape index (κ2) is 6.55. The molecule has 2 aliphatic heterocycles. The fraction of sp³-hybridized carbons (Fsp3) is 0.688. The summed E-state index contributed by atoms with van der Waals surface area (Å²) in [6.45, 7) is 3.20. The number of pyridine rings is 1. The molecule has 0 aliphatic carbocycles. The standard InChI is InChI=1S/C16H24N2O2S/c1-12-2-3-15(14(11-17)18-12)20-13-4-7-19-16(10-13)5-8-21-9-6-16/h2-3,13H,4-11,17H2,1H3. The van der Waals surface area contributed by atoms with Crippen LogP contribution in [0.1, 0.15) is 37.1 Å². The van der Waals surface area contributed by atoms with Gasteiger partial charge in [-0.05, 0) is 43.4 Å². The molecule has 0 aromatic carbocycles. The minimum absolute atomic E-state index is 0.0508. The first-order chi connectivity index (χ1) is 10.2. The Hall–Kier alpha value is -0.780. The molecule has 5 heteroatoms. The fourth-order valence-electron chi connectivity index (χ4n) is 3.21. The van der Waals surface area contributed by atoms with Crippen molar-refractivity contribution in [2.24, 2.45) is 5.73 Å². The summed E-state index contributed by atoms with van der Waals surface area (Å²) in [5, 5.41) is 0. The second-order valence-electron chi connectivity index (χ2n) is 5.98. The van der Waals surface area contributed by atoms with E-state index >= 15 is 0 Å². The number of thioether (sulfide) groups is 1. The highest BCUT2D eigenvalue weighted by atomic mass is 32.2. The van der Waals surface area contributed by atoms with Crippen molar-refractivity contribution in [2.45, 2.75) is 50.9 Å². The molecule has 0 radical (unpaired) electrons. The van der Waals surface area contributed by atoms with Gasteiger partial charge in [0.05, 0.1) is 17.9 Å². The van der Waals surface area contributed by atoms with Crippen LogP contribution in [0.5, 0.6) is 5.75 Å². The van der Waals surface area contributed by atoms with Gasteiger partial charge in [0, 0.05) is 25.1 Å². The van der Waals surface area contributed by atoms with Crippen molar-refractivity contribution >= 4 is 11.8 Å². The third-order valence-electron chi connectivity index (χ3n) is 4.41. The van der Waals surface area contributed by atoms with Gasteiger partial charge < -0.3 is 15.2 Å². The number of nitrogens with zero attached hydrogens (tertiary/aromatic N) is 1. The van der Waals surface area contributed by atoms with Crippen LogP contribution in [-0.2, 0) is 11.3 Å². The van der Waals surface area contributed by atoms with Crippen LogP contribution in [-0.4, -0.2) is 34.8 Å². The maximum absolute atomic E-state index is 6.23. The van der Waals surface area contributed by atoms with Gasteiger partial charge in [0.15, 0.2) is 0 Å². The van der Waals surface area contributed by atoms with Gasteiger partial charge in [-0.3, -0.25) is 4.98 Å². The molecule has 21 heavy (non-hydrogen) atoms. The lowest BCUT2D eigenvalue weighted by Crippen LogP contribution is -2.46. The first-order valence-electron chi connectivity index (χ1n) is 7.76. The van der Waals surface area contributed by atoms with Crippen molar-refractivity contribution in [1.82, 2.24) is 4.98 Å². The molecule has 1 aromatic rings. The van der Waals surface area contributed by atoms with E-state index in [1.54, 1.807) is 0 Å². The first kappa shape index (κ1) is 15.1. The topological polar surface area (TPSA) is 57.4 Å². The molecule has 1 atom stereocenters. The molecule has 1 unspecified atom stereocenters. The van der Waals surface area contributed by atoms with Crippen molar-refractivity contribution in [3.8, 4) is 5.75 Å². The van der Waals surface area contributed by atoms with Crippen LogP contribution in [0.2, 0.25) is 0 Å². The van der Waals surface area contributed by atoms with E-state index in [4.69, 9.17) is 15.2 Å². The normalized spacial score (nSPS) is 25.0. The zero-order chi connectivity index (χ0) is 14.7. The summed E-state index contributed by atoms with van der Waals surface area (Å²) in [5.41, 5.74) is 7.68. The van der Waals surface area contributed by atoms with E-state index in [1.807, 2.05) is 30.8 Å². The van der Waals surface area contributed by atoms with Gasteiger partial charge in [-0.2, -0.15) is 11.8 Å². The first-order valence-corrected chi connectivity index (χ1v) is 8.91. The minimum atomic E-state index is 0.0508. The zero-order valence-electron chi connectivity index (χ0n) is 12.6. The Morgan fingerprint density at radius 2 is 2.24 bits per heavy atom. The molecule has 3 rings (SSSR count). The van der Waals surface area contributed by atoms with Gasteiger partial charge >= 0.3 is 0 Å². The summed E-state index contributed by atoms with van der Waals surface area (Å²) >= 11 is 2.03. The van der Waals surface area contributed by atoms with Crippen LogP contribution in [0.25, 0.3) is 0 Å². The zero-order valence-corrected chi connectivity index (χ0v) is 13.5. The molecule has 0 amide bonds. The Balaban J connectivity index is 1.70. The third kappa shape index (κ3) is 3.52. The summed E-state index contributed by atoms with van der Waals surface area (Å²) in [4.78, 5) is 4.48. The van der Waals surface area contributed by atoms with Crippen LogP contribution in [0.4, 0.5) is 0 Å². The SMILES string of the molecule is Cc1ccc(OC2CCOC3(CCSCC3)C2)c(CN)n1. The predicted molar refractivity (Wildman–Crippen MR) is 85.8 cm³/mol. The number of hydrogen-bond donors (Lipinski definition) is 1. The number of ether oxygens (including phenoxy) is 2. The molecule has 1 spiro atoms. The molecule has 0 bridgehead atoms. The van der Waals surface area contributed by atoms with Gasteiger partial charge in [0.2, 0.25) is 0 Å². The van der Waals surface area contributed by atoms with Gasteiger partial charge in [-0.1, -0.05) is 0 Å². The lowest BCUT2D eigenvalue weighted by atomic mass is 9.86. The van der Waals surface area contributed by atoms with E-state index in [0.717, 1.165) is 49.4 Å². The maximum atomic E-state index is 6.23. The van der Waals surface area contributed by atoms with Crippen LogP contribution in [0.3, 0.4) is 0 Å². The summed E-state index contributed by atoms with van der Waals surface area (Å²) in [7, 11) is 0. The summed E-state index contributed by atoms with van der Waals surface area (Å²) < 4.78 is 12.3. The van der Waals surface area contributed by atoms with E-state index in [0.29, 0.717) is 6.54 Å². The van der Waals surface area contributed by atoms with Gasteiger partial charge in [-0.25, -0.2) is 0 Å². The highest BCUT2D eigenvalue weighted by Crippen LogP contribution is 2.38. The Kier molecular flexibility index (Phi) is 4.72. The van der Waals surface area contributed by atoms with Crippen LogP contribution in [0, 0.1) is 6.92 Å². The Morgan fingerprint density at radius 1 is 1.43 bits per heavy atom. The summed E-state index contributed by atoms with van der Waals surface area (Å²) in [5.74, 6) is 3.25. The van der Waals surface area contributed by atoms with Crippen LogP contribution < -0.4 is 10.5 Å². The van der Waals surface area contributed by atoms with E-state index < -0.39 is 0 Å². The van der Waals surface area contributed by atoms with E-state index in [2.05, 4.69) is 4.98 Å². The molecule has 1 aromatic heterocycles. The number of nitrogens with two attached hydrogens (primary N) is 1. The molecule has 2 N–H and O–H groups in total. The average molecular weight is 308 g/mol. The van der Waals surface area contributed by atoms with Crippen molar-refractivity contribution in [1.29, 1.82) is 0 Å². The number of aromatic nitrogens is 1. The van der Waals surface area contributed by atoms with Gasteiger partial charge in [-0.15, -0.1) is 0 Å². The lowest BCUT2D eigenvalue weighted by Gasteiger charge is -2.43. The smallest absolute Gasteiger partial charge is 0.142 e. The van der Waals surface area contributed by atoms with E-state index in [1.165, 1.54) is 11.5 Å². The largest absolute Gasteiger partial charge is 0.488 e. The number of aryl methyl sites for hydroxylation is 1. The van der Waals surface area contributed by atoms with Crippen LogP contribution in [0.15, 0.2) is 12.1 Å². The Labute approximate surface area is 130 Å². The molecule has 2 fully saturated rings. The molecule has 4 nitrogen and oxygen atoms in total. The maximum Gasteiger partial charge on any atom is 0.142 e. The second-order valence-corrected chi connectivity index (χ2v) is 7.20. The highest BCUT2D eigenvalue weighted by Gasteiger charge is 2.39. The minimum Gasteiger partial charge on any atom is -0.488 e. The van der Waals surface area contributed by atoms with Crippen molar-refractivity contribution in [3.63, 3.8) is 0 Å². The lowest BCUT2D eigenvalue weighted by molar-refractivity contribution is -0.116. The van der Waals surface area contributed by atoms with Crippen molar-refractivity contribution < 1.29 is 9.47 Å². The fourth-order valence-corrected chi connectivity index (χ4v) is 4.44. The van der Waals surface area contributed by atoms with Gasteiger partial charge in [0.1, 0.15) is 11.9 Å². The molecule has 0 saturated carbocycles. The quantitative estimate of drug-likeness (QED) is 0.930.